The van der Waals surface area contributed by atoms with Crippen molar-refractivity contribution in [2.75, 3.05) is 13.2 Å². The van der Waals surface area contributed by atoms with Gasteiger partial charge in [-0.05, 0) is 32.1 Å². The van der Waals surface area contributed by atoms with Gasteiger partial charge in [0.15, 0.2) is 0 Å². The fraction of sp³-hybridized carbons (Fsp3) is 0.857. The van der Waals surface area contributed by atoms with Crippen molar-refractivity contribution in [1.29, 1.82) is 0 Å². The Balaban J connectivity index is -0.000000167. The number of carbonyl (C=O) groups is 1. The van der Waals surface area contributed by atoms with Gasteiger partial charge in [-0.3, -0.25) is 4.79 Å². The molecule has 7 N–H and O–H groups in total. The van der Waals surface area contributed by atoms with Crippen LogP contribution in [-0.4, -0.2) is 60.4 Å². The maximum absolute atomic E-state index is 10.3. The van der Waals surface area contributed by atoms with Crippen LogP contribution < -0.4 is 29.6 Å². The Hall–Kier alpha value is 0.200. The van der Waals surface area contributed by atoms with Crippen LogP contribution in [0.2, 0.25) is 0 Å². The number of aliphatic carboxylic acids is 1. The molecule has 0 unspecified atom stereocenters. The molecule has 0 aliphatic heterocycles. The molecule has 190 valence electrons. The van der Waals surface area contributed by atoms with E-state index in [0.717, 1.165) is 12.8 Å². The summed E-state index contributed by atoms with van der Waals surface area (Å²) in [5.74, 6) is -0.664. The van der Waals surface area contributed by atoms with Gasteiger partial charge in [0.25, 0.3) is 0 Å². The molecule has 11 heteroatoms. The predicted octanol–water partition coefficient (Wildman–Crippen LogP) is 0.628. The van der Waals surface area contributed by atoms with Crippen LogP contribution in [0.25, 0.3) is 0 Å². The number of aliphatic hydroxyl groups is 3. The molecule has 0 bridgehead atoms. The van der Waals surface area contributed by atoms with Crippen molar-refractivity contribution in [3.8, 4) is 0 Å². The van der Waals surface area contributed by atoms with E-state index in [4.69, 9.17) is 39.7 Å². The minimum atomic E-state index is -4.64. The van der Waals surface area contributed by atoms with Gasteiger partial charge >= 0.3 is 43.3 Å². The fourth-order valence-corrected chi connectivity index (χ4v) is 2.40. The quantitative estimate of drug-likeness (QED) is 0.0659. The van der Waals surface area contributed by atoms with Crippen molar-refractivity contribution < 1.29 is 75.4 Å². The van der Waals surface area contributed by atoms with E-state index < -0.39 is 19.9 Å². The van der Waals surface area contributed by atoms with E-state index in [9.17, 15) is 4.79 Å². The largest absolute Gasteiger partial charge is 1.00 e. The Morgan fingerprint density at radius 2 is 1.16 bits per heavy atom. The van der Waals surface area contributed by atoms with Crippen molar-refractivity contribution in [2.45, 2.75) is 103 Å². The Kier molecular flexibility index (Phi) is 38.4. The van der Waals surface area contributed by atoms with Crippen molar-refractivity contribution in [3.05, 3.63) is 12.2 Å². The first-order chi connectivity index (χ1) is 14.6. The third kappa shape index (κ3) is 57.3. The zero-order valence-electron chi connectivity index (χ0n) is 20.9. The maximum Gasteiger partial charge on any atom is 1.00 e. The molecule has 32 heavy (non-hydrogen) atoms. The van der Waals surface area contributed by atoms with Gasteiger partial charge in [0, 0.05) is 6.42 Å². The molecule has 0 amide bonds. The van der Waals surface area contributed by atoms with Crippen molar-refractivity contribution in [3.63, 3.8) is 0 Å². The van der Waals surface area contributed by atoms with Gasteiger partial charge in [-0.2, -0.15) is 0 Å². The molecular formula is C21H46NaO9P. The zero-order valence-corrected chi connectivity index (χ0v) is 22.8. The van der Waals surface area contributed by atoms with Crippen LogP contribution in [0.3, 0.4) is 0 Å². The van der Waals surface area contributed by atoms with Gasteiger partial charge in [0.2, 0.25) is 0 Å². The van der Waals surface area contributed by atoms with Crippen LogP contribution in [0, 0.1) is 0 Å². The number of aliphatic hydroxyl groups excluding tert-OH is 3. The zero-order chi connectivity index (χ0) is 24.4. The van der Waals surface area contributed by atoms with Crippen LogP contribution in [-0.2, 0) is 9.36 Å². The number of carboxylic acids is 1. The summed E-state index contributed by atoms with van der Waals surface area (Å²) in [5.41, 5.74) is 0. The van der Waals surface area contributed by atoms with Crippen LogP contribution in [0.1, 0.15) is 98.2 Å². The van der Waals surface area contributed by atoms with E-state index in [0.29, 0.717) is 6.42 Å². The second-order valence-corrected chi connectivity index (χ2v) is 8.29. The van der Waals surface area contributed by atoms with Crippen LogP contribution in [0.5, 0.6) is 0 Å². The van der Waals surface area contributed by atoms with Crippen LogP contribution in [0.4, 0.5) is 0 Å². The molecule has 0 aromatic rings. The average molecular weight is 497 g/mol. The number of phosphoric acid groups is 1. The summed E-state index contributed by atoms with van der Waals surface area (Å²) in [6.45, 7) is 1.53. The second kappa shape index (κ2) is 31.2. The number of carboxylic acid groups (broad SMARTS) is 1. The van der Waals surface area contributed by atoms with Gasteiger partial charge in [-0.1, -0.05) is 70.4 Å². The Labute approximate surface area is 217 Å². The molecule has 0 spiro atoms. The molecule has 0 rings (SSSR count). The number of rotatable bonds is 17. The van der Waals surface area contributed by atoms with Crippen molar-refractivity contribution in [2.24, 2.45) is 0 Å². The van der Waals surface area contributed by atoms with E-state index in [1.54, 1.807) is 0 Å². The van der Waals surface area contributed by atoms with E-state index in [1.807, 2.05) is 0 Å². The van der Waals surface area contributed by atoms with Gasteiger partial charge in [0.05, 0.1) is 13.2 Å². The van der Waals surface area contributed by atoms with E-state index in [2.05, 4.69) is 19.1 Å². The van der Waals surface area contributed by atoms with Crippen LogP contribution >= 0.6 is 7.82 Å². The first-order valence-corrected chi connectivity index (χ1v) is 12.7. The molecule has 0 heterocycles. The van der Waals surface area contributed by atoms with E-state index in [1.165, 1.54) is 70.6 Å². The van der Waals surface area contributed by atoms with Gasteiger partial charge in [-0.15, -0.1) is 0 Å². The standard InChI is InChI=1S/C18H34O2.C3H8O3.Na.H3O4P.H/c1-2-3-4-5-6-7-8-9-10-11-12-13-14-15-16-17-18(19)20;4-1-3(6)2-5;;1-5(2,3)4;/h9-10H,2-8,11-17H2,1H3,(H,19,20);3-6H,1-2H2;;(H3,1,2,3,4);/q;;+1;;-1/b10-9-;;;;. The number of unbranched alkanes of at least 4 members (excludes halogenated alkanes) is 11. The molecule has 0 aromatic carbocycles. The third-order valence-corrected chi connectivity index (χ3v) is 4.07. The summed E-state index contributed by atoms with van der Waals surface area (Å²) in [5, 5.41) is 32.5. The number of hydrogen-bond acceptors (Lipinski definition) is 5. The summed E-state index contributed by atoms with van der Waals surface area (Å²) in [6.07, 6.45) is 20.3. The molecule has 0 aliphatic rings. The average Bonchev–Trinajstić information content (AvgIpc) is 2.69. The molecular weight excluding hydrogens is 450 g/mol. The normalized spacial score (nSPS) is 10.8. The predicted molar refractivity (Wildman–Crippen MR) is 123 cm³/mol. The molecule has 0 fully saturated rings. The van der Waals surface area contributed by atoms with Gasteiger partial charge < -0.3 is 36.5 Å². The third-order valence-electron chi connectivity index (χ3n) is 4.07. The van der Waals surface area contributed by atoms with E-state index in [-0.39, 0.29) is 44.2 Å². The van der Waals surface area contributed by atoms with Crippen molar-refractivity contribution >= 4 is 13.8 Å². The SMILES string of the molecule is CCCCCCCC/C=C\CCCCCCCC(=O)O.O=P(O)(O)O.OCC(O)CO.[H-].[Na+]. The molecule has 9 nitrogen and oxygen atoms in total. The first-order valence-electron chi connectivity index (χ1n) is 11.1. The summed E-state index contributed by atoms with van der Waals surface area (Å²) in [7, 11) is -4.64. The monoisotopic (exact) mass is 496 g/mol. The van der Waals surface area contributed by atoms with Crippen molar-refractivity contribution in [1.82, 2.24) is 0 Å². The minimum Gasteiger partial charge on any atom is -1.00 e. The minimum absolute atomic E-state index is 0. The Bertz CT molecular complexity index is 439. The molecule has 0 saturated carbocycles. The molecule has 0 saturated heterocycles. The number of allylic oxidation sites excluding steroid dienone is 2. The van der Waals surface area contributed by atoms with Crippen LogP contribution in [0.15, 0.2) is 12.2 Å². The van der Waals surface area contributed by atoms with E-state index >= 15 is 0 Å². The fourth-order valence-electron chi connectivity index (χ4n) is 2.40. The molecule has 0 radical (unpaired) electrons. The molecule has 0 aliphatic carbocycles. The van der Waals surface area contributed by atoms with Gasteiger partial charge in [0.1, 0.15) is 6.10 Å². The topological polar surface area (TPSA) is 176 Å². The van der Waals surface area contributed by atoms with Gasteiger partial charge in [-0.25, -0.2) is 4.57 Å². The smallest absolute Gasteiger partial charge is 1.00 e. The Morgan fingerprint density at radius 1 is 0.812 bits per heavy atom. The summed E-state index contributed by atoms with van der Waals surface area (Å²) in [6, 6.07) is 0. The second-order valence-electron chi connectivity index (χ2n) is 7.26. The number of hydrogen-bond donors (Lipinski definition) is 7. The maximum atomic E-state index is 10.3. The molecule has 0 aromatic heterocycles. The summed E-state index contributed by atoms with van der Waals surface area (Å²) in [4.78, 5) is 31.9. The summed E-state index contributed by atoms with van der Waals surface area (Å²) >= 11 is 0. The summed E-state index contributed by atoms with van der Waals surface area (Å²) < 4.78 is 8.88. The molecule has 0 atom stereocenters. The Morgan fingerprint density at radius 3 is 1.47 bits per heavy atom. The first kappa shape index (κ1) is 39.4.